The van der Waals surface area contributed by atoms with E-state index in [9.17, 15) is 13.2 Å². The molecule has 1 aliphatic rings. The Hall–Kier alpha value is -2.97. The largest absolute Gasteiger partial charge is 0.417 e. The minimum absolute atomic E-state index is 0.0312. The van der Waals surface area contributed by atoms with Crippen LogP contribution in [0.4, 0.5) is 24.9 Å². The van der Waals surface area contributed by atoms with Gasteiger partial charge in [0, 0.05) is 16.8 Å². The third kappa shape index (κ3) is 3.69. The van der Waals surface area contributed by atoms with E-state index in [0.717, 1.165) is 43.0 Å². The Kier molecular flexibility index (Phi) is 4.74. The molecule has 146 valence electrons. The number of fused-ring (bicyclic) bond motifs is 1. The number of benzene rings is 1. The molecular formula is C19H19F3N6. The highest BCUT2D eigenvalue weighted by atomic mass is 19.4. The minimum Gasteiger partial charge on any atom is -0.307 e. The lowest BCUT2D eigenvalue weighted by atomic mass is 10.0. The van der Waals surface area contributed by atoms with Crippen molar-refractivity contribution in [3.63, 3.8) is 0 Å². The summed E-state index contributed by atoms with van der Waals surface area (Å²) < 4.78 is 40.5. The highest BCUT2D eigenvalue weighted by Gasteiger charge is 2.34. The van der Waals surface area contributed by atoms with Crippen molar-refractivity contribution < 1.29 is 13.2 Å². The average Bonchev–Trinajstić information content (AvgIpc) is 2.92. The van der Waals surface area contributed by atoms with Gasteiger partial charge in [0.2, 0.25) is 5.95 Å². The lowest BCUT2D eigenvalue weighted by molar-refractivity contribution is -0.137. The maximum atomic E-state index is 13.5. The number of rotatable bonds is 3. The quantitative estimate of drug-likeness (QED) is 0.641. The van der Waals surface area contributed by atoms with E-state index in [0.29, 0.717) is 24.0 Å². The van der Waals surface area contributed by atoms with Crippen molar-refractivity contribution in [2.24, 2.45) is 0 Å². The zero-order valence-corrected chi connectivity index (χ0v) is 15.3. The van der Waals surface area contributed by atoms with Crippen molar-refractivity contribution in [1.82, 2.24) is 25.1 Å². The van der Waals surface area contributed by atoms with E-state index in [-0.39, 0.29) is 11.4 Å². The first kappa shape index (κ1) is 18.4. The molecule has 0 bridgehead atoms. The normalized spacial score (nSPS) is 14.4. The summed E-state index contributed by atoms with van der Waals surface area (Å²) in [6, 6.07) is 5.38. The van der Waals surface area contributed by atoms with Gasteiger partial charge in [-0.15, -0.1) is 5.10 Å². The first-order valence-electron chi connectivity index (χ1n) is 9.14. The third-order valence-corrected chi connectivity index (χ3v) is 4.73. The van der Waals surface area contributed by atoms with Gasteiger partial charge in [-0.25, -0.2) is 9.97 Å². The molecule has 2 heterocycles. The van der Waals surface area contributed by atoms with E-state index in [1.807, 2.05) is 0 Å². The second-order valence-corrected chi connectivity index (χ2v) is 6.79. The van der Waals surface area contributed by atoms with Gasteiger partial charge in [0.15, 0.2) is 5.82 Å². The number of aromatic nitrogens is 5. The fourth-order valence-electron chi connectivity index (χ4n) is 3.42. The topological polar surface area (TPSA) is 79.4 Å². The van der Waals surface area contributed by atoms with Crippen molar-refractivity contribution in [1.29, 1.82) is 0 Å². The van der Waals surface area contributed by atoms with Crippen LogP contribution in [-0.2, 0) is 19.0 Å². The molecule has 2 N–H and O–H groups in total. The summed E-state index contributed by atoms with van der Waals surface area (Å²) in [4.78, 5) is 13.2. The molecule has 0 saturated heterocycles. The van der Waals surface area contributed by atoms with Crippen LogP contribution in [0.3, 0.4) is 0 Å². The molecule has 3 aromatic rings. The molecule has 0 atom stereocenters. The van der Waals surface area contributed by atoms with E-state index in [2.05, 4.69) is 30.5 Å². The second kappa shape index (κ2) is 7.21. The Balaban J connectivity index is 1.85. The van der Waals surface area contributed by atoms with Crippen molar-refractivity contribution in [3.05, 3.63) is 46.9 Å². The summed E-state index contributed by atoms with van der Waals surface area (Å²) in [6.45, 7) is 1.77. The number of hydrogen-bond donors (Lipinski definition) is 2. The SMILES string of the molecule is Cc1nc(Nc2nc(-c3ccccc3C(F)(F)F)nc3c2CCCCC3)n[nH]1. The third-order valence-electron chi connectivity index (χ3n) is 4.73. The average molecular weight is 388 g/mol. The summed E-state index contributed by atoms with van der Waals surface area (Å²) in [7, 11) is 0. The molecule has 9 heteroatoms. The van der Waals surface area contributed by atoms with Gasteiger partial charge in [-0.2, -0.15) is 18.2 Å². The number of halogens is 3. The van der Waals surface area contributed by atoms with E-state index in [1.165, 1.54) is 12.1 Å². The Labute approximate surface area is 159 Å². The van der Waals surface area contributed by atoms with E-state index < -0.39 is 11.7 Å². The fourth-order valence-corrected chi connectivity index (χ4v) is 3.42. The Bertz CT molecular complexity index is 996. The van der Waals surface area contributed by atoms with Crippen LogP contribution in [0.25, 0.3) is 11.4 Å². The molecule has 4 rings (SSSR count). The summed E-state index contributed by atoms with van der Waals surface area (Å²) in [6.07, 6.45) is -0.0334. The van der Waals surface area contributed by atoms with Gasteiger partial charge in [-0.1, -0.05) is 24.6 Å². The summed E-state index contributed by atoms with van der Waals surface area (Å²) in [5, 5.41) is 9.86. The number of hydrogen-bond acceptors (Lipinski definition) is 5. The van der Waals surface area contributed by atoms with Crippen LogP contribution in [0.15, 0.2) is 24.3 Å². The highest BCUT2D eigenvalue weighted by Crippen LogP contribution is 2.37. The maximum absolute atomic E-state index is 13.5. The van der Waals surface area contributed by atoms with Crippen molar-refractivity contribution in [2.45, 2.75) is 45.2 Å². The lowest BCUT2D eigenvalue weighted by Crippen LogP contribution is -2.11. The smallest absolute Gasteiger partial charge is 0.307 e. The Morgan fingerprint density at radius 2 is 1.79 bits per heavy atom. The van der Waals surface area contributed by atoms with Crippen LogP contribution in [0.2, 0.25) is 0 Å². The highest BCUT2D eigenvalue weighted by molar-refractivity contribution is 5.66. The molecule has 0 radical (unpaired) electrons. The van der Waals surface area contributed by atoms with Crippen LogP contribution >= 0.6 is 0 Å². The van der Waals surface area contributed by atoms with Crippen molar-refractivity contribution in [2.75, 3.05) is 5.32 Å². The molecule has 0 saturated carbocycles. The Morgan fingerprint density at radius 1 is 1.00 bits per heavy atom. The number of alkyl halides is 3. The molecule has 0 aliphatic heterocycles. The summed E-state index contributed by atoms with van der Waals surface area (Å²) in [5.41, 5.74) is 0.932. The monoisotopic (exact) mass is 388 g/mol. The van der Waals surface area contributed by atoms with Gasteiger partial charge in [0.1, 0.15) is 11.6 Å². The number of nitrogens with one attached hydrogen (secondary N) is 2. The molecule has 1 aliphatic carbocycles. The molecule has 0 fully saturated rings. The van der Waals surface area contributed by atoms with Crippen LogP contribution in [0.5, 0.6) is 0 Å². The molecule has 2 aromatic heterocycles. The molecule has 0 spiro atoms. The minimum atomic E-state index is -4.48. The van der Waals surface area contributed by atoms with Crippen molar-refractivity contribution in [3.8, 4) is 11.4 Å². The summed E-state index contributed by atoms with van der Waals surface area (Å²) >= 11 is 0. The maximum Gasteiger partial charge on any atom is 0.417 e. The molecule has 1 aromatic carbocycles. The number of nitrogens with zero attached hydrogens (tertiary/aromatic N) is 4. The van der Waals surface area contributed by atoms with Crippen LogP contribution < -0.4 is 5.32 Å². The second-order valence-electron chi connectivity index (χ2n) is 6.79. The van der Waals surface area contributed by atoms with E-state index in [1.54, 1.807) is 13.0 Å². The van der Waals surface area contributed by atoms with Crippen LogP contribution in [0.1, 0.15) is 41.9 Å². The number of anilines is 2. The number of H-pyrrole nitrogens is 1. The lowest BCUT2D eigenvalue weighted by Gasteiger charge is -2.16. The standard InChI is InChI=1S/C19H19F3N6/c1-11-23-18(28-27-11)26-17-13-8-3-2-4-10-15(13)24-16(25-17)12-7-5-6-9-14(12)19(20,21)22/h5-7,9H,2-4,8,10H2,1H3,(H2,23,24,25,26,27,28). The molecule has 6 nitrogen and oxygen atoms in total. The van der Waals surface area contributed by atoms with Crippen molar-refractivity contribution >= 4 is 11.8 Å². The first-order valence-corrected chi connectivity index (χ1v) is 9.14. The first-order chi connectivity index (χ1) is 13.4. The summed E-state index contributed by atoms with van der Waals surface area (Å²) in [5.74, 6) is 1.49. The molecule has 0 unspecified atom stereocenters. The Morgan fingerprint density at radius 3 is 2.54 bits per heavy atom. The van der Waals surface area contributed by atoms with Gasteiger partial charge in [-0.3, -0.25) is 5.10 Å². The predicted molar refractivity (Wildman–Crippen MR) is 98.1 cm³/mol. The zero-order valence-electron chi connectivity index (χ0n) is 15.3. The van der Waals surface area contributed by atoms with E-state index in [4.69, 9.17) is 0 Å². The van der Waals surface area contributed by atoms with Crippen LogP contribution in [-0.4, -0.2) is 25.1 Å². The van der Waals surface area contributed by atoms with Gasteiger partial charge in [0.05, 0.1) is 5.56 Å². The predicted octanol–water partition coefficient (Wildman–Crippen LogP) is 4.60. The molecular weight excluding hydrogens is 369 g/mol. The van der Waals surface area contributed by atoms with Crippen LogP contribution in [0, 0.1) is 6.92 Å². The zero-order chi connectivity index (χ0) is 19.7. The number of aromatic amines is 1. The fraction of sp³-hybridized carbons (Fsp3) is 0.368. The van der Waals surface area contributed by atoms with Gasteiger partial charge in [-0.05, 0) is 38.7 Å². The van der Waals surface area contributed by atoms with E-state index >= 15 is 0 Å². The number of aryl methyl sites for hydroxylation is 2. The molecule has 0 amide bonds. The molecule has 28 heavy (non-hydrogen) atoms. The van der Waals surface area contributed by atoms with Gasteiger partial charge in [0.25, 0.3) is 0 Å². The van der Waals surface area contributed by atoms with Gasteiger partial charge >= 0.3 is 6.18 Å². The van der Waals surface area contributed by atoms with Gasteiger partial charge < -0.3 is 5.32 Å².